The standard InChI is InChI=1S/C14H16BrFO4/c1-8(17)10-5-9(15)6-11(16)13(10)19-7-12(18)20-14(2,3)4/h5-6H,7H2,1-4H3. The first-order chi connectivity index (χ1) is 9.10. The number of ether oxygens (including phenoxy) is 2. The van der Waals surface area contributed by atoms with Gasteiger partial charge in [0.1, 0.15) is 5.60 Å². The minimum absolute atomic E-state index is 0.0698. The number of ketones is 1. The summed E-state index contributed by atoms with van der Waals surface area (Å²) >= 11 is 3.10. The molecule has 20 heavy (non-hydrogen) atoms. The molecule has 4 nitrogen and oxygen atoms in total. The zero-order valence-corrected chi connectivity index (χ0v) is 13.3. The van der Waals surface area contributed by atoms with Crippen molar-refractivity contribution in [2.24, 2.45) is 0 Å². The fraction of sp³-hybridized carbons (Fsp3) is 0.429. The van der Waals surface area contributed by atoms with E-state index in [9.17, 15) is 14.0 Å². The van der Waals surface area contributed by atoms with Crippen LogP contribution in [0.5, 0.6) is 5.75 Å². The number of benzene rings is 1. The van der Waals surface area contributed by atoms with Gasteiger partial charge >= 0.3 is 5.97 Å². The highest BCUT2D eigenvalue weighted by Gasteiger charge is 2.20. The molecule has 6 heteroatoms. The SMILES string of the molecule is CC(=O)c1cc(Br)cc(F)c1OCC(=O)OC(C)(C)C. The van der Waals surface area contributed by atoms with Crippen molar-refractivity contribution in [3.05, 3.63) is 28.0 Å². The van der Waals surface area contributed by atoms with Crippen LogP contribution in [0.2, 0.25) is 0 Å². The van der Waals surface area contributed by atoms with Crippen LogP contribution in [0, 0.1) is 5.82 Å². The molecule has 0 spiro atoms. The fourth-order valence-electron chi connectivity index (χ4n) is 1.47. The summed E-state index contributed by atoms with van der Waals surface area (Å²) in [7, 11) is 0. The van der Waals surface area contributed by atoms with Gasteiger partial charge in [0, 0.05) is 4.47 Å². The van der Waals surface area contributed by atoms with Gasteiger partial charge in [0.25, 0.3) is 0 Å². The molecule has 0 fully saturated rings. The van der Waals surface area contributed by atoms with Crippen LogP contribution in [0.3, 0.4) is 0 Å². The Morgan fingerprint density at radius 2 is 1.90 bits per heavy atom. The van der Waals surface area contributed by atoms with E-state index >= 15 is 0 Å². The predicted octanol–water partition coefficient (Wildman–Crippen LogP) is 3.51. The van der Waals surface area contributed by atoms with Gasteiger partial charge in [-0.15, -0.1) is 0 Å². The lowest BCUT2D eigenvalue weighted by Crippen LogP contribution is -2.27. The number of halogens is 2. The quantitative estimate of drug-likeness (QED) is 0.618. The van der Waals surface area contributed by atoms with Gasteiger partial charge in [-0.1, -0.05) is 15.9 Å². The normalized spacial score (nSPS) is 11.1. The molecule has 1 aromatic rings. The number of carbonyl (C=O) groups is 2. The summed E-state index contributed by atoms with van der Waals surface area (Å²) in [4.78, 5) is 23.0. The molecule has 0 radical (unpaired) electrons. The van der Waals surface area contributed by atoms with Gasteiger partial charge in [-0.25, -0.2) is 9.18 Å². The molecule has 0 atom stereocenters. The van der Waals surface area contributed by atoms with Crippen molar-refractivity contribution in [1.82, 2.24) is 0 Å². The average Bonchev–Trinajstić information content (AvgIpc) is 2.24. The molecule has 0 heterocycles. The minimum Gasteiger partial charge on any atom is -0.478 e. The van der Waals surface area contributed by atoms with Crippen molar-refractivity contribution in [1.29, 1.82) is 0 Å². The molecule has 0 amide bonds. The predicted molar refractivity (Wildman–Crippen MR) is 75.4 cm³/mol. The van der Waals surface area contributed by atoms with E-state index in [0.717, 1.165) is 6.07 Å². The van der Waals surface area contributed by atoms with Crippen molar-refractivity contribution in [2.75, 3.05) is 6.61 Å². The molecule has 0 aromatic heterocycles. The Morgan fingerprint density at radius 1 is 1.30 bits per heavy atom. The van der Waals surface area contributed by atoms with E-state index < -0.39 is 24.0 Å². The second-order valence-corrected chi connectivity index (χ2v) is 6.11. The molecule has 0 aliphatic rings. The van der Waals surface area contributed by atoms with Gasteiger partial charge in [-0.3, -0.25) is 4.79 Å². The third-order valence-corrected chi connectivity index (χ3v) is 2.60. The Balaban J connectivity index is 2.88. The van der Waals surface area contributed by atoms with E-state index in [0.29, 0.717) is 4.47 Å². The molecule has 110 valence electrons. The van der Waals surface area contributed by atoms with E-state index in [1.54, 1.807) is 20.8 Å². The highest BCUT2D eigenvalue weighted by molar-refractivity contribution is 9.10. The summed E-state index contributed by atoms with van der Waals surface area (Å²) in [6.07, 6.45) is 0. The molecule has 0 N–H and O–H groups in total. The van der Waals surface area contributed by atoms with Gasteiger partial charge in [-0.2, -0.15) is 0 Å². The molecular formula is C14H16BrFO4. The van der Waals surface area contributed by atoms with Crippen molar-refractivity contribution < 1.29 is 23.5 Å². The molecule has 1 aromatic carbocycles. The summed E-state index contributed by atoms with van der Waals surface area (Å²) in [6, 6.07) is 2.60. The van der Waals surface area contributed by atoms with Crippen LogP contribution >= 0.6 is 15.9 Å². The topological polar surface area (TPSA) is 52.6 Å². The highest BCUT2D eigenvalue weighted by atomic mass is 79.9. The Morgan fingerprint density at radius 3 is 2.40 bits per heavy atom. The largest absolute Gasteiger partial charge is 0.478 e. The number of esters is 1. The van der Waals surface area contributed by atoms with E-state index in [4.69, 9.17) is 9.47 Å². The first-order valence-electron chi connectivity index (χ1n) is 5.95. The third-order valence-electron chi connectivity index (χ3n) is 2.14. The van der Waals surface area contributed by atoms with Crippen LogP contribution < -0.4 is 4.74 Å². The van der Waals surface area contributed by atoms with Gasteiger partial charge in [0.05, 0.1) is 5.56 Å². The van der Waals surface area contributed by atoms with E-state index in [-0.39, 0.29) is 17.1 Å². The zero-order chi connectivity index (χ0) is 15.5. The second-order valence-electron chi connectivity index (χ2n) is 5.20. The molecule has 0 saturated heterocycles. The van der Waals surface area contributed by atoms with Crippen molar-refractivity contribution in [3.63, 3.8) is 0 Å². The van der Waals surface area contributed by atoms with Gasteiger partial charge in [0.2, 0.25) is 0 Å². The molecular weight excluding hydrogens is 331 g/mol. The summed E-state index contributed by atoms with van der Waals surface area (Å²) in [6.45, 7) is 5.97. The maximum absolute atomic E-state index is 13.8. The first-order valence-corrected chi connectivity index (χ1v) is 6.74. The average molecular weight is 347 g/mol. The van der Waals surface area contributed by atoms with Crippen LogP contribution in [0.25, 0.3) is 0 Å². The van der Waals surface area contributed by atoms with E-state index in [2.05, 4.69) is 15.9 Å². The Kier molecular flexibility index (Phi) is 5.28. The number of carbonyl (C=O) groups excluding carboxylic acids is 2. The van der Waals surface area contributed by atoms with E-state index in [1.165, 1.54) is 13.0 Å². The molecule has 0 unspecified atom stereocenters. The first kappa shape index (κ1) is 16.6. The Hall–Kier alpha value is -1.43. The number of hydrogen-bond acceptors (Lipinski definition) is 4. The molecule has 0 aliphatic heterocycles. The maximum atomic E-state index is 13.8. The van der Waals surface area contributed by atoms with Crippen LogP contribution in [0.1, 0.15) is 38.1 Å². The molecule has 0 bridgehead atoms. The van der Waals surface area contributed by atoms with Gasteiger partial charge in [0.15, 0.2) is 24.0 Å². The number of Topliss-reactive ketones (excluding diaryl/α,β-unsaturated/α-hetero) is 1. The lowest BCUT2D eigenvalue weighted by Gasteiger charge is -2.19. The zero-order valence-electron chi connectivity index (χ0n) is 11.8. The summed E-state index contributed by atoms with van der Waals surface area (Å²) in [5.74, 6) is -1.95. The summed E-state index contributed by atoms with van der Waals surface area (Å²) < 4.78 is 24.4. The lowest BCUT2D eigenvalue weighted by molar-refractivity contribution is -0.157. The van der Waals surface area contributed by atoms with E-state index in [1.807, 2.05) is 0 Å². The third kappa shape index (κ3) is 4.92. The van der Waals surface area contributed by atoms with Crippen LogP contribution in [-0.4, -0.2) is 24.0 Å². The fourth-order valence-corrected chi connectivity index (χ4v) is 1.90. The number of rotatable bonds is 4. The second kappa shape index (κ2) is 6.35. The molecule has 0 aliphatic carbocycles. The monoisotopic (exact) mass is 346 g/mol. The lowest BCUT2D eigenvalue weighted by atomic mass is 10.1. The summed E-state index contributed by atoms with van der Waals surface area (Å²) in [5.41, 5.74) is -0.581. The number of hydrogen-bond donors (Lipinski definition) is 0. The smallest absolute Gasteiger partial charge is 0.344 e. The van der Waals surface area contributed by atoms with Crippen molar-refractivity contribution in [2.45, 2.75) is 33.3 Å². The van der Waals surface area contributed by atoms with Crippen molar-refractivity contribution in [3.8, 4) is 5.75 Å². The van der Waals surface area contributed by atoms with Crippen molar-refractivity contribution >= 4 is 27.7 Å². The highest BCUT2D eigenvalue weighted by Crippen LogP contribution is 2.28. The Labute approximate surface area is 125 Å². The van der Waals surface area contributed by atoms with Crippen LogP contribution in [0.4, 0.5) is 4.39 Å². The van der Waals surface area contributed by atoms with Crippen LogP contribution in [-0.2, 0) is 9.53 Å². The van der Waals surface area contributed by atoms with Crippen LogP contribution in [0.15, 0.2) is 16.6 Å². The maximum Gasteiger partial charge on any atom is 0.344 e. The van der Waals surface area contributed by atoms with Gasteiger partial charge < -0.3 is 9.47 Å². The van der Waals surface area contributed by atoms with Gasteiger partial charge in [-0.05, 0) is 39.8 Å². The summed E-state index contributed by atoms with van der Waals surface area (Å²) in [5, 5.41) is 0. The molecule has 0 saturated carbocycles. The molecule has 1 rings (SSSR count). The Bertz CT molecular complexity index is 535. The minimum atomic E-state index is -0.715.